The van der Waals surface area contributed by atoms with Crippen molar-refractivity contribution >= 4 is 0 Å². The summed E-state index contributed by atoms with van der Waals surface area (Å²) < 4.78 is 1.18. The summed E-state index contributed by atoms with van der Waals surface area (Å²) in [5.41, 5.74) is 0. The van der Waals surface area contributed by atoms with Crippen LogP contribution in [0.15, 0.2) is 24.5 Å². The minimum Gasteiger partial charge on any atom is -0.243 e. The average molecular weight is 99.1 g/mol. The van der Waals surface area contributed by atoms with E-state index in [9.17, 15) is 0 Å². The molecule has 0 bridgehead atoms. The van der Waals surface area contributed by atoms with E-state index >= 15 is 0 Å². The third-order valence-corrected chi connectivity index (χ3v) is 0.671. The number of nitrogens with zero attached hydrogens (tertiary/aromatic N) is 1. The van der Waals surface area contributed by atoms with Crippen LogP contribution in [0.5, 0.6) is 0 Å². The van der Waals surface area contributed by atoms with Crippen molar-refractivity contribution < 1.29 is 10.2 Å². The third-order valence-electron chi connectivity index (χ3n) is 0.671. The van der Waals surface area contributed by atoms with Gasteiger partial charge in [0.15, 0.2) is 0 Å². The maximum absolute atomic E-state index is 7.89. The van der Waals surface area contributed by atoms with E-state index < -0.39 is 0 Å². The lowest BCUT2D eigenvalue weighted by atomic mass is 10.7. The summed E-state index contributed by atoms with van der Waals surface area (Å²) in [5.74, 6) is 0. The van der Waals surface area contributed by atoms with Gasteiger partial charge in [-0.15, -0.1) is 0 Å². The van der Waals surface area contributed by atoms with E-state index in [1.807, 2.05) is 0 Å². The smallest absolute Gasteiger partial charge is 0.0471 e. The molecule has 0 fully saturated rings. The molecule has 0 radical (unpaired) electrons. The van der Waals surface area contributed by atoms with E-state index in [1.165, 1.54) is 4.73 Å². The van der Waals surface area contributed by atoms with Gasteiger partial charge in [-0.05, 0) is 12.1 Å². The Morgan fingerprint density at radius 2 is 1.86 bits per heavy atom. The topological polar surface area (TPSA) is 34.4 Å². The Kier molecular flexibility index (Phi) is 0.997. The lowest BCUT2D eigenvalue weighted by molar-refractivity contribution is -0.242. The van der Waals surface area contributed by atoms with Crippen molar-refractivity contribution in [1.82, 2.24) is 4.73 Å². The first-order chi connectivity index (χ1) is 3.43. The molecule has 1 heterocycles. The van der Waals surface area contributed by atoms with E-state index in [1.54, 1.807) is 24.5 Å². The van der Waals surface area contributed by atoms with Crippen LogP contribution in [0.25, 0.3) is 0 Å². The maximum atomic E-state index is 7.89. The molecule has 1 N–H and O–H groups in total. The normalized spacial score (nSPS) is 8.71. The van der Waals surface area contributed by atoms with Crippen LogP contribution in [0.3, 0.4) is 0 Å². The van der Waals surface area contributed by atoms with E-state index in [0.717, 1.165) is 0 Å². The molecular weight excluding hydrogens is 94.0 g/mol. The van der Waals surface area contributed by atoms with Gasteiger partial charge >= 0.3 is 0 Å². The van der Waals surface area contributed by atoms with Gasteiger partial charge < -0.3 is 0 Å². The third kappa shape index (κ3) is 0.721. The predicted octanol–water partition coefficient (Wildman–Crippen LogP) is 0.390. The van der Waals surface area contributed by atoms with Gasteiger partial charge in [-0.3, -0.25) is 0 Å². The summed E-state index contributed by atoms with van der Waals surface area (Å²) in [6, 6.07) is 3.49. The van der Waals surface area contributed by atoms with E-state index in [0.29, 0.717) is 0 Å². The maximum Gasteiger partial charge on any atom is 0.0471 e. The summed E-state index contributed by atoms with van der Waals surface area (Å²) >= 11 is 0. The highest BCUT2D eigenvalue weighted by Gasteiger charge is 1.77. The van der Waals surface area contributed by atoms with Crippen LogP contribution >= 0.6 is 0 Å². The SMILES string of the molecule is OOn1cccc1. The second-order valence-electron chi connectivity index (χ2n) is 1.12. The van der Waals surface area contributed by atoms with Crippen molar-refractivity contribution in [3.63, 3.8) is 0 Å². The highest BCUT2D eigenvalue weighted by Crippen LogP contribution is 1.81. The lowest BCUT2D eigenvalue weighted by Crippen LogP contribution is -2.01. The molecule has 1 aromatic heterocycles. The lowest BCUT2D eigenvalue weighted by Gasteiger charge is -1.89. The molecule has 7 heavy (non-hydrogen) atoms. The quantitative estimate of drug-likeness (QED) is 0.408. The van der Waals surface area contributed by atoms with Gasteiger partial charge in [-0.2, -0.15) is 9.99 Å². The molecule has 0 aliphatic rings. The highest BCUT2D eigenvalue weighted by atomic mass is 17.2. The summed E-state index contributed by atoms with van der Waals surface area (Å²) in [4.78, 5) is 3.77. The second-order valence-corrected chi connectivity index (χ2v) is 1.12. The van der Waals surface area contributed by atoms with E-state index in [2.05, 4.69) is 4.99 Å². The monoisotopic (exact) mass is 99.0 g/mol. The fraction of sp³-hybridized carbons (Fsp3) is 0. The number of hydrogen-bond acceptors (Lipinski definition) is 2. The van der Waals surface area contributed by atoms with Crippen LogP contribution in [-0.2, 0) is 0 Å². The minimum absolute atomic E-state index is 1.18. The van der Waals surface area contributed by atoms with Crippen LogP contribution in [0, 0.1) is 0 Å². The van der Waals surface area contributed by atoms with Crippen LogP contribution in [0.2, 0.25) is 0 Å². The fourth-order valence-corrected chi connectivity index (χ4v) is 0.373. The molecule has 0 atom stereocenters. The number of rotatable bonds is 1. The highest BCUT2D eigenvalue weighted by molar-refractivity contribution is 4.87. The first-order valence-corrected chi connectivity index (χ1v) is 1.88. The molecule has 1 rings (SSSR count). The Labute approximate surface area is 40.6 Å². The standard InChI is InChI=1S/C4H5NO2/c6-7-5-3-1-2-4-5/h1-4,6H. The van der Waals surface area contributed by atoms with Crippen molar-refractivity contribution in [2.24, 2.45) is 0 Å². The van der Waals surface area contributed by atoms with Crippen LogP contribution in [0.1, 0.15) is 0 Å². The molecular formula is C4H5NO2. The van der Waals surface area contributed by atoms with Crippen molar-refractivity contribution in [2.75, 3.05) is 0 Å². The molecule has 3 nitrogen and oxygen atoms in total. The van der Waals surface area contributed by atoms with Gasteiger partial charge in [-0.1, -0.05) is 0 Å². The molecule has 3 heteroatoms. The summed E-state index contributed by atoms with van der Waals surface area (Å²) in [7, 11) is 0. The Morgan fingerprint density at radius 1 is 1.29 bits per heavy atom. The van der Waals surface area contributed by atoms with Gasteiger partial charge in [0.2, 0.25) is 0 Å². The largest absolute Gasteiger partial charge is 0.243 e. The van der Waals surface area contributed by atoms with Gasteiger partial charge in [0.25, 0.3) is 0 Å². The van der Waals surface area contributed by atoms with Gasteiger partial charge in [0.1, 0.15) is 0 Å². The van der Waals surface area contributed by atoms with Crippen molar-refractivity contribution in [2.45, 2.75) is 0 Å². The molecule has 0 saturated carbocycles. The average Bonchev–Trinajstić information content (AvgIpc) is 2.14. The fourth-order valence-electron chi connectivity index (χ4n) is 0.373. The Bertz CT molecular complexity index is 124. The molecule has 0 amide bonds. The predicted molar refractivity (Wildman–Crippen MR) is 23.6 cm³/mol. The van der Waals surface area contributed by atoms with Gasteiger partial charge in [0.05, 0.1) is 0 Å². The molecule has 0 saturated heterocycles. The van der Waals surface area contributed by atoms with E-state index in [4.69, 9.17) is 5.26 Å². The minimum atomic E-state index is 1.18. The Morgan fingerprint density at radius 3 is 2.14 bits per heavy atom. The first-order valence-electron chi connectivity index (χ1n) is 1.88. The number of aromatic nitrogens is 1. The van der Waals surface area contributed by atoms with Crippen LogP contribution < -0.4 is 4.99 Å². The molecule has 38 valence electrons. The van der Waals surface area contributed by atoms with Crippen LogP contribution in [-0.4, -0.2) is 9.99 Å². The molecule has 0 unspecified atom stereocenters. The zero-order chi connectivity index (χ0) is 5.11. The molecule has 0 aliphatic carbocycles. The molecule has 1 aromatic rings. The first kappa shape index (κ1) is 4.21. The van der Waals surface area contributed by atoms with E-state index in [-0.39, 0.29) is 0 Å². The van der Waals surface area contributed by atoms with Crippen LogP contribution in [0.4, 0.5) is 0 Å². The Balaban J connectivity index is 2.76. The Hall–Kier alpha value is -0.960. The van der Waals surface area contributed by atoms with Crippen molar-refractivity contribution in [3.8, 4) is 0 Å². The zero-order valence-corrected chi connectivity index (χ0v) is 3.61. The van der Waals surface area contributed by atoms with Gasteiger partial charge in [-0.25, -0.2) is 4.99 Å². The van der Waals surface area contributed by atoms with Gasteiger partial charge in [0, 0.05) is 12.4 Å². The molecule has 0 spiro atoms. The zero-order valence-electron chi connectivity index (χ0n) is 3.61. The number of hydrogen-bond donors (Lipinski definition) is 1. The van der Waals surface area contributed by atoms with Crippen molar-refractivity contribution in [1.29, 1.82) is 0 Å². The summed E-state index contributed by atoms with van der Waals surface area (Å²) in [6.07, 6.45) is 3.17. The summed E-state index contributed by atoms with van der Waals surface area (Å²) in [6.45, 7) is 0. The summed E-state index contributed by atoms with van der Waals surface area (Å²) in [5, 5.41) is 7.89. The molecule has 0 aliphatic heterocycles. The van der Waals surface area contributed by atoms with Crippen molar-refractivity contribution in [3.05, 3.63) is 24.5 Å². The second kappa shape index (κ2) is 1.66. The molecule has 0 aromatic carbocycles.